The first-order chi connectivity index (χ1) is 17.8. The largest absolute Gasteiger partial charge is 0.351 e. The lowest BCUT2D eigenvalue weighted by atomic mass is 9.63. The minimum atomic E-state index is -0.257. The zero-order valence-electron chi connectivity index (χ0n) is 24.8. The van der Waals surface area contributed by atoms with Crippen LogP contribution in [0.25, 0.3) is 0 Å². The molecule has 38 heavy (non-hydrogen) atoms. The molecule has 2 saturated heterocycles. The highest BCUT2D eigenvalue weighted by Gasteiger charge is 2.48. The monoisotopic (exact) mass is 529 g/mol. The first-order valence-corrected chi connectivity index (χ1v) is 14.9. The second-order valence-corrected chi connectivity index (χ2v) is 13.8. The number of likely N-dealkylation sites (tertiary alicyclic amines) is 2. The van der Waals surface area contributed by atoms with Crippen molar-refractivity contribution in [3.63, 3.8) is 0 Å². The summed E-state index contributed by atoms with van der Waals surface area (Å²) in [5.41, 5.74) is 1.06. The van der Waals surface area contributed by atoms with Gasteiger partial charge in [0.2, 0.25) is 12.3 Å². The van der Waals surface area contributed by atoms with Crippen molar-refractivity contribution in [2.75, 3.05) is 26.2 Å². The van der Waals surface area contributed by atoms with Gasteiger partial charge in [-0.15, -0.1) is 0 Å². The van der Waals surface area contributed by atoms with E-state index >= 15 is 0 Å². The topological polar surface area (TPSA) is 52.7 Å². The molecule has 1 aromatic carbocycles. The van der Waals surface area contributed by atoms with Crippen LogP contribution in [0.3, 0.4) is 0 Å². The van der Waals surface area contributed by atoms with Crippen LogP contribution in [-0.2, 0) is 9.59 Å². The third kappa shape index (κ3) is 8.27. The summed E-state index contributed by atoms with van der Waals surface area (Å²) in [6.45, 7) is 16.6. The Kier molecular flexibility index (Phi) is 10.4. The van der Waals surface area contributed by atoms with Gasteiger partial charge in [0.15, 0.2) is 0 Å². The number of rotatable bonds is 4. The highest BCUT2D eigenvalue weighted by Crippen LogP contribution is 2.46. The molecule has 6 heteroatoms. The summed E-state index contributed by atoms with van der Waals surface area (Å²) >= 11 is 0. The molecule has 0 unspecified atom stereocenters. The van der Waals surface area contributed by atoms with Crippen LogP contribution in [-0.4, -0.2) is 59.4 Å². The van der Waals surface area contributed by atoms with Crippen molar-refractivity contribution in [1.82, 2.24) is 15.1 Å². The Labute approximate surface area is 230 Å². The van der Waals surface area contributed by atoms with Crippen molar-refractivity contribution < 1.29 is 14.0 Å². The Morgan fingerprint density at radius 3 is 2.05 bits per heavy atom. The fourth-order valence-electron chi connectivity index (χ4n) is 6.56. The Morgan fingerprint density at radius 2 is 1.53 bits per heavy atom. The first kappa shape index (κ1) is 30.6. The van der Waals surface area contributed by atoms with Crippen LogP contribution in [0.4, 0.5) is 4.39 Å². The Hall–Kier alpha value is -1.95. The number of halogens is 1. The van der Waals surface area contributed by atoms with Crippen LogP contribution >= 0.6 is 0 Å². The van der Waals surface area contributed by atoms with E-state index in [4.69, 9.17) is 0 Å². The van der Waals surface area contributed by atoms with E-state index in [-0.39, 0.29) is 28.2 Å². The summed E-state index contributed by atoms with van der Waals surface area (Å²) < 4.78 is 12.9. The van der Waals surface area contributed by atoms with Gasteiger partial charge in [0.05, 0.1) is 5.41 Å². The number of carbonyl (C=O) groups is 2. The van der Waals surface area contributed by atoms with Crippen LogP contribution in [0.5, 0.6) is 0 Å². The molecule has 1 atom stereocenters. The van der Waals surface area contributed by atoms with Gasteiger partial charge in [-0.05, 0) is 116 Å². The van der Waals surface area contributed by atoms with Gasteiger partial charge < -0.3 is 10.2 Å². The molecular weight excluding hydrogens is 477 g/mol. The predicted octanol–water partition coefficient (Wildman–Crippen LogP) is 6.52. The Morgan fingerprint density at radius 1 is 0.921 bits per heavy atom. The minimum Gasteiger partial charge on any atom is -0.351 e. The van der Waals surface area contributed by atoms with E-state index < -0.39 is 0 Å². The maximum atomic E-state index is 13.0. The van der Waals surface area contributed by atoms with Gasteiger partial charge >= 0.3 is 0 Å². The Bertz CT molecular complexity index is 889. The molecule has 1 N–H and O–H groups in total. The number of benzene rings is 1. The number of piperidine rings is 2. The molecule has 3 aliphatic rings. The molecule has 0 spiro atoms. The van der Waals surface area contributed by atoms with Crippen molar-refractivity contribution in [1.29, 1.82) is 0 Å². The van der Waals surface area contributed by atoms with Gasteiger partial charge in [-0.3, -0.25) is 14.5 Å². The zero-order valence-corrected chi connectivity index (χ0v) is 24.8. The maximum absolute atomic E-state index is 13.0. The maximum Gasteiger partial charge on any atom is 0.227 e. The predicted molar refractivity (Wildman–Crippen MR) is 153 cm³/mol. The molecule has 3 fully saturated rings. The smallest absolute Gasteiger partial charge is 0.227 e. The fourth-order valence-corrected chi connectivity index (χ4v) is 6.56. The molecule has 1 aromatic rings. The first-order valence-electron chi connectivity index (χ1n) is 14.9. The molecule has 2 heterocycles. The lowest BCUT2D eigenvalue weighted by molar-refractivity contribution is -0.143. The summed E-state index contributed by atoms with van der Waals surface area (Å²) in [5.74, 6) is 1.12. The highest BCUT2D eigenvalue weighted by molar-refractivity contribution is 5.84. The molecular formula is C32H52FN3O2. The number of hydrogen-bond donors (Lipinski definition) is 1. The van der Waals surface area contributed by atoms with Crippen molar-refractivity contribution in [3.05, 3.63) is 35.6 Å². The molecule has 0 aromatic heterocycles. The van der Waals surface area contributed by atoms with E-state index in [0.717, 1.165) is 38.9 Å². The standard InChI is InChI=1S/C17H30N2O2.C15H22FN/c1-16(2,3)18-15(21)17(14-7-5-4-6-8-14)9-11-19(13-20)12-10-17;1-15(2,3)17-10-4-5-13(11-17)12-6-8-14(16)9-7-12/h13-14H,4-12H2,1-3H3,(H,18,21);6-9,13H,4-5,10-11H2,1-3H3/t;13-/m.0/s1. The lowest BCUT2D eigenvalue weighted by Crippen LogP contribution is -2.56. The Balaban J connectivity index is 0.000000215. The molecule has 214 valence electrons. The molecule has 1 aliphatic carbocycles. The number of carbonyl (C=O) groups excluding carboxylic acids is 2. The average Bonchev–Trinajstić information content (AvgIpc) is 2.88. The molecule has 2 aliphatic heterocycles. The fraction of sp³-hybridized carbons (Fsp3) is 0.750. The van der Waals surface area contributed by atoms with Crippen molar-refractivity contribution >= 4 is 12.3 Å². The number of amides is 2. The molecule has 5 nitrogen and oxygen atoms in total. The summed E-state index contributed by atoms with van der Waals surface area (Å²) in [4.78, 5) is 28.3. The number of nitrogens with zero attached hydrogens (tertiary/aromatic N) is 2. The van der Waals surface area contributed by atoms with Crippen LogP contribution < -0.4 is 5.32 Å². The van der Waals surface area contributed by atoms with E-state index in [2.05, 4.69) is 31.0 Å². The van der Waals surface area contributed by atoms with Crippen LogP contribution in [0.2, 0.25) is 0 Å². The van der Waals surface area contributed by atoms with Gasteiger partial charge in [0.1, 0.15) is 5.82 Å². The number of hydrogen-bond acceptors (Lipinski definition) is 3. The van der Waals surface area contributed by atoms with Crippen LogP contribution in [0.1, 0.15) is 111 Å². The molecule has 0 radical (unpaired) electrons. The SMILES string of the molecule is CC(C)(C)N1CCC[C@H](c2ccc(F)cc2)C1.CC(C)(C)NC(=O)C1(C2CCCCC2)CCN(C=O)CC1. The van der Waals surface area contributed by atoms with E-state index in [1.54, 1.807) is 12.1 Å². The minimum absolute atomic E-state index is 0.141. The second kappa shape index (κ2) is 12.9. The highest BCUT2D eigenvalue weighted by atomic mass is 19.1. The average molecular weight is 530 g/mol. The summed E-state index contributed by atoms with van der Waals surface area (Å²) in [7, 11) is 0. The third-order valence-electron chi connectivity index (χ3n) is 8.88. The van der Waals surface area contributed by atoms with E-state index in [0.29, 0.717) is 11.8 Å². The number of nitrogens with one attached hydrogen (secondary N) is 1. The second-order valence-electron chi connectivity index (χ2n) is 13.8. The van der Waals surface area contributed by atoms with Gasteiger partial charge in [0.25, 0.3) is 0 Å². The molecule has 4 rings (SSSR count). The normalized spacial score (nSPS) is 23.2. The molecule has 1 saturated carbocycles. The van der Waals surface area contributed by atoms with E-state index in [1.165, 1.54) is 57.1 Å². The van der Waals surface area contributed by atoms with E-state index in [1.807, 2.05) is 37.8 Å². The van der Waals surface area contributed by atoms with Crippen molar-refractivity contribution in [3.8, 4) is 0 Å². The van der Waals surface area contributed by atoms with Crippen molar-refractivity contribution in [2.45, 2.75) is 116 Å². The summed E-state index contributed by atoms with van der Waals surface area (Å²) in [6, 6.07) is 7.02. The zero-order chi connectivity index (χ0) is 28.0. The molecule has 2 amide bonds. The third-order valence-corrected chi connectivity index (χ3v) is 8.88. The van der Waals surface area contributed by atoms with E-state index in [9.17, 15) is 14.0 Å². The van der Waals surface area contributed by atoms with Gasteiger partial charge in [-0.25, -0.2) is 4.39 Å². The lowest BCUT2D eigenvalue weighted by Gasteiger charge is -2.47. The van der Waals surface area contributed by atoms with Gasteiger partial charge in [-0.1, -0.05) is 31.4 Å². The summed E-state index contributed by atoms with van der Waals surface area (Å²) in [5, 5.41) is 3.21. The summed E-state index contributed by atoms with van der Waals surface area (Å²) in [6.07, 6.45) is 11.1. The van der Waals surface area contributed by atoms with Crippen LogP contribution in [0, 0.1) is 17.2 Å². The molecule has 0 bridgehead atoms. The van der Waals surface area contributed by atoms with Crippen LogP contribution in [0.15, 0.2) is 24.3 Å². The quantitative estimate of drug-likeness (QED) is 0.452. The van der Waals surface area contributed by atoms with Gasteiger partial charge in [0, 0.05) is 30.7 Å². The van der Waals surface area contributed by atoms with Gasteiger partial charge in [-0.2, -0.15) is 0 Å². The van der Waals surface area contributed by atoms with Crippen molar-refractivity contribution in [2.24, 2.45) is 11.3 Å².